The number of carbonyl (C=O) groups is 1. The molecule has 3 nitrogen and oxygen atoms in total. The van der Waals surface area contributed by atoms with Gasteiger partial charge in [-0.3, -0.25) is 5.32 Å². The number of ether oxygens (including phenoxy) is 1. The Morgan fingerprint density at radius 1 is 1.21 bits per heavy atom. The molecule has 1 amide bonds. The van der Waals surface area contributed by atoms with E-state index in [0.29, 0.717) is 0 Å². The normalized spacial score (nSPS) is 10.0. The highest BCUT2D eigenvalue weighted by molar-refractivity contribution is 14.1. The van der Waals surface area contributed by atoms with Crippen molar-refractivity contribution in [3.05, 3.63) is 63.2 Å². The molecule has 0 aliphatic carbocycles. The first-order chi connectivity index (χ1) is 9.15. The number of amides is 1. The zero-order valence-electron chi connectivity index (χ0n) is 10.5. The summed E-state index contributed by atoms with van der Waals surface area (Å²) < 4.78 is 6.16. The molecule has 0 saturated carbocycles. The molecule has 98 valence electrons. The molecule has 19 heavy (non-hydrogen) atoms. The van der Waals surface area contributed by atoms with Gasteiger partial charge in [0.25, 0.3) is 0 Å². The summed E-state index contributed by atoms with van der Waals surface area (Å²) in [4.78, 5) is 11.7. The van der Waals surface area contributed by atoms with Crippen LogP contribution >= 0.6 is 22.6 Å². The minimum Gasteiger partial charge on any atom is -0.444 e. The number of hydrogen-bond donors (Lipinski definition) is 1. The van der Waals surface area contributed by atoms with E-state index >= 15 is 0 Å². The van der Waals surface area contributed by atoms with E-state index in [1.54, 1.807) is 0 Å². The lowest BCUT2D eigenvalue weighted by molar-refractivity contribution is 0.155. The third kappa shape index (κ3) is 4.24. The lowest BCUT2D eigenvalue weighted by Gasteiger charge is -2.09. The van der Waals surface area contributed by atoms with E-state index < -0.39 is 6.09 Å². The summed E-state index contributed by atoms with van der Waals surface area (Å²) in [6.07, 6.45) is -0.439. The van der Waals surface area contributed by atoms with Crippen LogP contribution in [0.5, 0.6) is 0 Å². The van der Waals surface area contributed by atoms with Gasteiger partial charge in [-0.05, 0) is 52.8 Å². The summed E-state index contributed by atoms with van der Waals surface area (Å²) in [5, 5.41) is 2.74. The Morgan fingerprint density at radius 3 is 2.63 bits per heavy atom. The Labute approximate surface area is 126 Å². The fraction of sp³-hybridized carbons (Fsp3) is 0.133. The Morgan fingerprint density at radius 2 is 1.95 bits per heavy atom. The molecule has 2 aromatic rings. The van der Waals surface area contributed by atoms with E-state index in [1.165, 1.54) is 0 Å². The summed E-state index contributed by atoms with van der Waals surface area (Å²) in [7, 11) is 0. The Kier molecular flexibility index (Phi) is 4.79. The highest BCUT2D eigenvalue weighted by Gasteiger charge is 2.06. The van der Waals surface area contributed by atoms with Crippen molar-refractivity contribution < 1.29 is 9.53 Å². The molecule has 0 aromatic heterocycles. The molecule has 2 aromatic carbocycles. The Bertz CT molecular complexity index is 570. The third-order valence-electron chi connectivity index (χ3n) is 2.57. The second-order valence-electron chi connectivity index (χ2n) is 4.17. The molecule has 1 N–H and O–H groups in total. The van der Waals surface area contributed by atoms with Crippen molar-refractivity contribution in [3.8, 4) is 0 Å². The predicted octanol–water partition coefficient (Wildman–Crippen LogP) is 4.35. The molecule has 0 atom stereocenters. The summed E-state index contributed by atoms with van der Waals surface area (Å²) in [5.41, 5.74) is 2.90. The third-order valence-corrected chi connectivity index (χ3v) is 3.47. The van der Waals surface area contributed by atoms with E-state index in [0.717, 1.165) is 20.4 Å². The van der Waals surface area contributed by atoms with Crippen LogP contribution in [0.25, 0.3) is 0 Å². The van der Waals surface area contributed by atoms with E-state index in [9.17, 15) is 4.79 Å². The number of aryl methyl sites for hydroxylation is 1. The van der Waals surface area contributed by atoms with Gasteiger partial charge in [0, 0.05) is 3.57 Å². The van der Waals surface area contributed by atoms with Crippen LogP contribution in [-0.2, 0) is 11.3 Å². The number of halogens is 1. The second kappa shape index (κ2) is 6.56. The molecule has 0 unspecified atom stereocenters. The van der Waals surface area contributed by atoms with Crippen LogP contribution in [0.15, 0.2) is 48.5 Å². The molecular formula is C15H14INO2. The molecule has 2 rings (SSSR count). The lowest BCUT2D eigenvalue weighted by atomic mass is 10.2. The van der Waals surface area contributed by atoms with Crippen LogP contribution < -0.4 is 5.32 Å². The summed E-state index contributed by atoms with van der Waals surface area (Å²) in [6, 6.07) is 15.4. The maximum Gasteiger partial charge on any atom is 0.411 e. The molecule has 0 aliphatic heterocycles. The van der Waals surface area contributed by atoms with Crippen molar-refractivity contribution in [2.24, 2.45) is 0 Å². The maximum absolute atomic E-state index is 11.7. The van der Waals surface area contributed by atoms with Crippen LogP contribution in [0.2, 0.25) is 0 Å². The summed E-state index contributed by atoms with van der Waals surface area (Å²) in [5.74, 6) is 0. The van der Waals surface area contributed by atoms with Crippen LogP contribution in [0.4, 0.5) is 10.5 Å². The van der Waals surface area contributed by atoms with Crippen molar-refractivity contribution in [1.29, 1.82) is 0 Å². The van der Waals surface area contributed by atoms with Crippen molar-refractivity contribution in [2.75, 3.05) is 5.32 Å². The molecule has 0 heterocycles. The maximum atomic E-state index is 11.7. The van der Waals surface area contributed by atoms with Gasteiger partial charge in [-0.2, -0.15) is 0 Å². The molecule has 4 heteroatoms. The van der Waals surface area contributed by atoms with Gasteiger partial charge in [0.1, 0.15) is 6.61 Å². The Balaban J connectivity index is 1.91. The molecule has 0 radical (unpaired) electrons. The fourth-order valence-electron chi connectivity index (χ4n) is 1.59. The minimum absolute atomic E-state index is 0.273. The first-order valence-electron chi connectivity index (χ1n) is 5.89. The van der Waals surface area contributed by atoms with Crippen LogP contribution in [0, 0.1) is 10.5 Å². The monoisotopic (exact) mass is 367 g/mol. The average Bonchev–Trinajstić information content (AvgIpc) is 2.41. The van der Waals surface area contributed by atoms with Crippen molar-refractivity contribution >= 4 is 34.4 Å². The number of anilines is 1. The van der Waals surface area contributed by atoms with Crippen molar-refractivity contribution in [1.82, 2.24) is 0 Å². The van der Waals surface area contributed by atoms with Gasteiger partial charge < -0.3 is 4.74 Å². The van der Waals surface area contributed by atoms with E-state index in [-0.39, 0.29) is 6.61 Å². The summed E-state index contributed by atoms with van der Waals surface area (Å²) >= 11 is 2.19. The zero-order chi connectivity index (χ0) is 13.7. The van der Waals surface area contributed by atoms with Crippen molar-refractivity contribution in [2.45, 2.75) is 13.5 Å². The molecule has 0 spiro atoms. The molecule has 0 fully saturated rings. The quantitative estimate of drug-likeness (QED) is 0.820. The smallest absolute Gasteiger partial charge is 0.411 e. The highest BCUT2D eigenvalue weighted by Crippen LogP contribution is 2.19. The van der Waals surface area contributed by atoms with Gasteiger partial charge in [0.05, 0.1) is 5.69 Å². The number of nitrogens with one attached hydrogen (secondary N) is 1. The molecule has 0 aliphatic rings. The topological polar surface area (TPSA) is 38.3 Å². The predicted molar refractivity (Wildman–Crippen MR) is 84.1 cm³/mol. The van der Waals surface area contributed by atoms with Crippen LogP contribution in [-0.4, -0.2) is 6.09 Å². The first kappa shape index (κ1) is 13.9. The largest absolute Gasteiger partial charge is 0.444 e. The Hall–Kier alpha value is -1.56. The van der Waals surface area contributed by atoms with Crippen LogP contribution in [0.1, 0.15) is 11.1 Å². The van der Waals surface area contributed by atoms with Crippen LogP contribution in [0.3, 0.4) is 0 Å². The minimum atomic E-state index is -0.439. The molecule has 0 saturated heterocycles. The van der Waals surface area contributed by atoms with E-state index in [2.05, 4.69) is 27.9 Å². The number of carbonyl (C=O) groups excluding carboxylic acids is 1. The highest BCUT2D eigenvalue weighted by atomic mass is 127. The summed E-state index contributed by atoms with van der Waals surface area (Å²) in [6.45, 7) is 2.29. The van der Waals surface area contributed by atoms with Crippen molar-refractivity contribution in [3.63, 3.8) is 0 Å². The van der Waals surface area contributed by atoms with E-state index in [1.807, 2.05) is 55.5 Å². The number of hydrogen-bond acceptors (Lipinski definition) is 2. The number of rotatable bonds is 3. The first-order valence-corrected chi connectivity index (χ1v) is 6.97. The van der Waals surface area contributed by atoms with Gasteiger partial charge in [0.2, 0.25) is 0 Å². The van der Waals surface area contributed by atoms with Gasteiger partial charge in [-0.1, -0.05) is 36.4 Å². The van der Waals surface area contributed by atoms with Gasteiger partial charge in [-0.15, -0.1) is 0 Å². The standard InChI is InChI=1S/C15H14INO2/c1-11-7-8-14(13(16)9-11)17-15(18)19-10-12-5-3-2-4-6-12/h2-9H,10H2,1H3,(H,17,18). The zero-order valence-corrected chi connectivity index (χ0v) is 12.7. The van der Waals surface area contributed by atoms with Gasteiger partial charge >= 0.3 is 6.09 Å². The van der Waals surface area contributed by atoms with Gasteiger partial charge in [-0.25, -0.2) is 4.79 Å². The molecular weight excluding hydrogens is 353 g/mol. The lowest BCUT2D eigenvalue weighted by Crippen LogP contribution is -2.14. The van der Waals surface area contributed by atoms with Gasteiger partial charge in [0.15, 0.2) is 0 Å². The second-order valence-corrected chi connectivity index (χ2v) is 5.33. The average molecular weight is 367 g/mol. The van der Waals surface area contributed by atoms with E-state index in [4.69, 9.17) is 4.74 Å². The number of benzene rings is 2. The molecule has 0 bridgehead atoms. The SMILES string of the molecule is Cc1ccc(NC(=O)OCc2ccccc2)c(I)c1. The fourth-order valence-corrected chi connectivity index (χ4v) is 2.40.